The third-order valence-electron chi connectivity index (χ3n) is 5.60. The van der Waals surface area contributed by atoms with E-state index in [2.05, 4.69) is 5.32 Å². The van der Waals surface area contributed by atoms with Gasteiger partial charge in [-0.1, -0.05) is 41.9 Å². The van der Waals surface area contributed by atoms with E-state index in [1.807, 2.05) is 13.8 Å². The van der Waals surface area contributed by atoms with Gasteiger partial charge in [0.15, 0.2) is 0 Å². The fourth-order valence-electron chi connectivity index (χ4n) is 3.62. The van der Waals surface area contributed by atoms with Crippen LogP contribution in [0.5, 0.6) is 0 Å². The first-order valence-corrected chi connectivity index (χ1v) is 10.6. The second kappa shape index (κ2) is 9.00. The van der Waals surface area contributed by atoms with E-state index < -0.39 is 17.8 Å². The Morgan fingerprint density at radius 1 is 0.939 bits per heavy atom. The van der Waals surface area contributed by atoms with Crippen LogP contribution < -0.4 is 10.2 Å². The van der Waals surface area contributed by atoms with E-state index in [0.29, 0.717) is 27.4 Å². The number of benzene rings is 3. The lowest BCUT2D eigenvalue weighted by Crippen LogP contribution is -2.54. The van der Waals surface area contributed by atoms with Crippen molar-refractivity contribution in [1.82, 2.24) is 5.32 Å². The van der Waals surface area contributed by atoms with Gasteiger partial charge in [-0.15, -0.1) is 0 Å². The normalized spacial score (nSPS) is 15.2. The first-order chi connectivity index (χ1) is 15.7. The van der Waals surface area contributed by atoms with Crippen molar-refractivity contribution in [2.45, 2.75) is 20.3 Å². The standard InChI is InChI=1S/C26H20ClFN2O3/c1-15-7-10-21(11-16(15)2)30-25(32)22(24(31)29-26(30)33)14-19-13-20(27)9-8-17(19)12-18-5-3-4-6-23(18)28/h3-11,13-14H,12H2,1-2H3,(H,29,31,33)/b22-14+. The van der Waals surface area contributed by atoms with E-state index in [9.17, 15) is 18.8 Å². The Balaban J connectivity index is 1.76. The van der Waals surface area contributed by atoms with Crippen molar-refractivity contribution < 1.29 is 18.8 Å². The van der Waals surface area contributed by atoms with Gasteiger partial charge in [-0.25, -0.2) is 14.1 Å². The van der Waals surface area contributed by atoms with Crippen molar-refractivity contribution in [3.05, 3.63) is 105 Å². The minimum Gasteiger partial charge on any atom is -0.273 e. The molecule has 0 aliphatic carbocycles. The Morgan fingerprint density at radius 2 is 1.70 bits per heavy atom. The molecular formula is C26H20ClFN2O3. The minimum absolute atomic E-state index is 0.218. The monoisotopic (exact) mass is 462 g/mol. The number of carbonyl (C=O) groups is 3. The van der Waals surface area contributed by atoms with Crippen LogP contribution in [0.4, 0.5) is 14.9 Å². The van der Waals surface area contributed by atoms with Gasteiger partial charge in [0, 0.05) is 11.4 Å². The number of nitrogens with one attached hydrogen (secondary N) is 1. The fraction of sp³-hybridized carbons (Fsp3) is 0.115. The molecule has 166 valence electrons. The van der Waals surface area contributed by atoms with Crippen LogP contribution in [0.15, 0.2) is 66.2 Å². The smallest absolute Gasteiger partial charge is 0.273 e. The highest BCUT2D eigenvalue weighted by atomic mass is 35.5. The number of barbiturate groups is 1. The fourth-order valence-corrected chi connectivity index (χ4v) is 3.80. The minimum atomic E-state index is -0.817. The molecule has 0 atom stereocenters. The highest BCUT2D eigenvalue weighted by Crippen LogP contribution is 2.27. The number of urea groups is 1. The maximum atomic E-state index is 14.2. The van der Waals surface area contributed by atoms with Crippen molar-refractivity contribution in [2.24, 2.45) is 0 Å². The predicted octanol–water partition coefficient (Wildman–Crippen LogP) is 5.35. The third kappa shape index (κ3) is 4.56. The molecule has 33 heavy (non-hydrogen) atoms. The summed E-state index contributed by atoms with van der Waals surface area (Å²) in [5, 5.41) is 2.61. The average molecular weight is 463 g/mol. The number of amides is 4. The number of hydrogen-bond donors (Lipinski definition) is 1. The molecule has 3 aromatic carbocycles. The molecule has 7 heteroatoms. The van der Waals surface area contributed by atoms with E-state index in [0.717, 1.165) is 16.0 Å². The summed E-state index contributed by atoms with van der Waals surface area (Å²) >= 11 is 6.17. The van der Waals surface area contributed by atoms with Gasteiger partial charge in [0.05, 0.1) is 5.69 Å². The quantitative estimate of drug-likeness (QED) is 0.419. The van der Waals surface area contributed by atoms with Crippen LogP contribution in [-0.4, -0.2) is 17.8 Å². The molecule has 4 amide bonds. The summed E-state index contributed by atoms with van der Waals surface area (Å²) in [5.41, 5.74) is 3.67. The van der Waals surface area contributed by atoms with E-state index in [-0.39, 0.29) is 17.8 Å². The number of aryl methyl sites for hydroxylation is 2. The lowest BCUT2D eigenvalue weighted by atomic mass is 9.97. The largest absolute Gasteiger partial charge is 0.335 e. The summed E-state index contributed by atoms with van der Waals surface area (Å²) < 4.78 is 14.2. The molecule has 0 unspecified atom stereocenters. The van der Waals surface area contributed by atoms with Crippen molar-refractivity contribution in [3.8, 4) is 0 Å². The zero-order valence-electron chi connectivity index (χ0n) is 18.0. The van der Waals surface area contributed by atoms with Crippen LogP contribution in [-0.2, 0) is 16.0 Å². The summed E-state index contributed by atoms with van der Waals surface area (Å²) in [7, 11) is 0. The van der Waals surface area contributed by atoms with Crippen LogP contribution in [0.3, 0.4) is 0 Å². The van der Waals surface area contributed by atoms with Gasteiger partial charge in [-0.05, 0) is 78.1 Å². The maximum Gasteiger partial charge on any atom is 0.335 e. The summed E-state index contributed by atoms with van der Waals surface area (Å²) in [6.45, 7) is 3.79. The van der Waals surface area contributed by atoms with E-state index >= 15 is 0 Å². The number of anilines is 1. The van der Waals surface area contributed by atoms with Crippen LogP contribution in [0.2, 0.25) is 5.02 Å². The molecule has 5 nitrogen and oxygen atoms in total. The highest BCUT2D eigenvalue weighted by molar-refractivity contribution is 6.39. The molecule has 4 rings (SSSR count). The number of hydrogen-bond acceptors (Lipinski definition) is 3. The Bertz CT molecular complexity index is 1330. The second-order valence-corrected chi connectivity index (χ2v) is 8.27. The predicted molar refractivity (Wildman–Crippen MR) is 126 cm³/mol. The number of nitrogens with zero attached hydrogens (tertiary/aromatic N) is 1. The van der Waals surface area contributed by atoms with Gasteiger partial charge >= 0.3 is 6.03 Å². The summed E-state index contributed by atoms with van der Waals surface area (Å²) in [6.07, 6.45) is 1.62. The Kier molecular flexibility index (Phi) is 6.11. The molecule has 3 aromatic rings. The third-order valence-corrected chi connectivity index (χ3v) is 5.83. The second-order valence-electron chi connectivity index (χ2n) is 7.84. The van der Waals surface area contributed by atoms with Crippen LogP contribution in [0.1, 0.15) is 27.8 Å². The van der Waals surface area contributed by atoms with Gasteiger partial charge in [0.1, 0.15) is 11.4 Å². The van der Waals surface area contributed by atoms with Crippen LogP contribution in [0, 0.1) is 19.7 Å². The molecule has 1 fully saturated rings. The zero-order valence-corrected chi connectivity index (χ0v) is 18.7. The molecule has 0 aromatic heterocycles. The first kappa shape index (κ1) is 22.4. The number of carbonyl (C=O) groups excluding carboxylic acids is 3. The van der Waals surface area contributed by atoms with Gasteiger partial charge in [-0.2, -0.15) is 0 Å². The summed E-state index contributed by atoms with van der Waals surface area (Å²) in [4.78, 5) is 39.2. The SMILES string of the molecule is Cc1ccc(N2C(=O)NC(=O)/C(=C\c3cc(Cl)ccc3Cc3ccccc3F)C2=O)cc1C. The molecule has 1 saturated heterocycles. The molecule has 1 N–H and O–H groups in total. The number of rotatable bonds is 4. The molecule has 0 saturated carbocycles. The topological polar surface area (TPSA) is 66.5 Å². The zero-order chi connectivity index (χ0) is 23.7. The Morgan fingerprint density at radius 3 is 2.42 bits per heavy atom. The number of imide groups is 2. The van der Waals surface area contributed by atoms with Crippen molar-refractivity contribution in [1.29, 1.82) is 0 Å². The molecule has 0 bridgehead atoms. The van der Waals surface area contributed by atoms with Crippen LogP contribution in [0.25, 0.3) is 6.08 Å². The van der Waals surface area contributed by atoms with Gasteiger partial charge in [0.2, 0.25) is 0 Å². The molecule has 0 spiro atoms. The average Bonchev–Trinajstić information content (AvgIpc) is 2.76. The van der Waals surface area contributed by atoms with Crippen molar-refractivity contribution in [2.75, 3.05) is 4.90 Å². The molecule has 1 heterocycles. The van der Waals surface area contributed by atoms with E-state index in [1.54, 1.807) is 54.6 Å². The molecule has 0 radical (unpaired) electrons. The first-order valence-electron chi connectivity index (χ1n) is 10.2. The van der Waals surface area contributed by atoms with E-state index in [4.69, 9.17) is 11.6 Å². The molecule has 1 aliphatic rings. The van der Waals surface area contributed by atoms with Crippen LogP contribution >= 0.6 is 11.6 Å². The maximum absolute atomic E-state index is 14.2. The van der Waals surface area contributed by atoms with Crippen molar-refractivity contribution >= 4 is 41.2 Å². The van der Waals surface area contributed by atoms with E-state index in [1.165, 1.54) is 12.1 Å². The van der Waals surface area contributed by atoms with Gasteiger partial charge in [-0.3, -0.25) is 14.9 Å². The summed E-state index contributed by atoms with van der Waals surface area (Å²) in [6, 6.07) is 15.7. The molecular weight excluding hydrogens is 443 g/mol. The lowest BCUT2D eigenvalue weighted by molar-refractivity contribution is -0.122. The van der Waals surface area contributed by atoms with Gasteiger partial charge < -0.3 is 0 Å². The summed E-state index contributed by atoms with van der Waals surface area (Å²) in [5.74, 6) is -1.91. The Labute approximate surface area is 195 Å². The number of halogens is 2. The molecule has 1 aliphatic heterocycles. The lowest BCUT2D eigenvalue weighted by Gasteiger charge is -2.27. The highest BCUT2D eigenvalue weighted by Gasteiger charge is 2.37. The van der Waals surface area contributed by atoms with Crippen molar-refractivity contribution in [3.63, 3.8) is 0 Å². The Hall–Kier alpha value is -3.77. The van der Waals surface area contributed by atoms with Gasteiger partial charge in [0.25, 0.3) is 11.8 Å².